The molecule has 0 bridgehead atoms. The molecule has 1 saturated carbocycles. The van der Waals surface area contributed by atoms with E-state index in [1.807, 2.05) is 0 Å². The lowest BCUT2D eigenvalue weighted by Gasteiger charge is -2.18. The lowest BCUT2D eigenvalue weighted by Crippen LogP contribution is -2.24. The summed E-state index contributed by atoms with van der Waals surface area (Å²) in [6, 6.07) is 8.97. The Kier molecular flexibility index (Phi) is 5.90. The first kappa shape index (κ1) is 15.4. The van der Waals surface area contributed by atoms with Crippen molar-refractivity contribution in [2.24, 2.45) is 11.8 Å². The van der Waals surface area contributed by atoms with Crippen molar-refractivity contribution in [3.8, 4) is 5.75 Å². The van der Waals surface area contributed by atoms with Gasteiger partial charge in [-0.15, -0.1) is 0 Å². The second-order valence-electron chi connectivity index (χ2n) is 6.55. The number of rotatable bonds is 7. The SMILES string of the molecule is CC(C)COc1ccc(C(C)NCC2CCCC2)cc1. The molecule has 1 fully saturated rings. The van der Waals surface area contributed by atoms with E-state index in [0.29, 0.717) is 12.0 Å². The molecule has 0 heterocycles. The van der Waals surface area contributed by atoms with Gasteiger partial charge in [0.15, 0.2) is 0 Å². The summed E-state index contributed by atoms with van der Waals surface area (Å²) in [5.41, 5.74) is 1.35. The number of hydrogen-bond donors (Lipinski definition) is 1. The van der Waals surface area contributed by atoms with Crippen LogP contribution in [0.25, 0.3) is 0 Å². The molecule has 1 N–H and O–H groups in total. The normalized spacial score (nSPS) is 17.6. The highest BCUT2D eigenvalue weighted by atomic mass is 16.5. The van der Waals surface area contributed by atoms with Gasteiger partial charge in [-0.3, -0.25) is 0 Å². The first-order valence-corrected chi connectivity index (χ1v) is 8.11. The van der Waals surface area contributed by atoms with E-state index >= 15 is 0 Å². The van der Waals surface area contributed by atoms with E-state index in [1.54, 1.807) is 0 Å². The molecular formula is C18H29NO. The molecule has 0 spiro atoms. The Morgan fingerprint density at radius 1 is 1.10 bits per heavy atom. The maximum Gasteiger partial charge on any atom is 0.119 e. The van der Waals surface area contributed by atoms with E-state index in [1.165, 1.54) is 31.2 Å². The van der Waals surface area contributed by atoms with Crippen molar-refractivity contribution in [1.29, 1.82) is 0 Å². The van der Waals surface area contributed by atoms with Crippen LogP contribution in [0.5, 0.6) is 5.75 Å². The van der Waals surface area contributed by atoms with Crippen LogP contribution in [-0.4, -0.2) is 13.2 Å². The van der Waals surface area contributed by atoms with Crippen LogP contribution in [0.2, 0.25) is 0 Å². The first-order chi connectivity index (χ1) is 9.65. The lowest BCUT2D eigenvalue weighted by atomic mass is 10.1. The first-order valence-electron chi connectivity index (χ1n) is 8.11. The molecule has 1 aromatic carbocycles. The van der Waals surface area contributed by atoms with Crippen molar-refractivity contribution in [3.63, 3.8) is 0 Å². The van der Waals surface area contributed by atoms with Crippen molar-refractivity contribution >= 4 is 0 Å². The van der Waals surface area contributed by atoms with Crippen molar-refractivity contribution in [3.05, 3.63) is 29.8 Å². The second-order valence-corrected chi connectivity index (χ2v) is 6.55. The summed E-state index contributed by atoms with van der Waals surface area (Å²) in [6.07, 6.45) is 5.65. The van der Waals surface area contributed by atoms with E-state index in [0.717, 1.165) is 24.8 Å². The molecule has 0 radical (unpaired) electrons. The quantitative estimate of drug-likeness (QED) is 0.787. The highest BCUT2D eigenvalue weighted by Gasteiger charge is 2.15. The molecule has 1 aliphatic rings. The van der Waals surface area contributed by atoms with Crippen molar-refractivity contribution in [2.75, 3.05) is 13.2 Å². The minimum absolute atomic E-state index is 0.426. The van der Waals surface area contributed by atoms with Crippen LogP contribution in [-0.2, 0) is 0 Å². The van der Waals surface area contributed by atoms with E-state index in [9.17, 15) is 0 Å². The zero-order chi connectivity index (χ0) is 14.4. The molecule has 0 amide bonds. The highest BCUT2D eigenvalue weighted by molar-refractivity contribution is 5.28. The zero-order valence-electron chi connectivity index (χ0n) is 13.2. The third kappa shape index (κ3) is 4.82. The van der Waals surface area contributed by atoms with Gasteiger partial charge in [0.2, 0.25) is 0 Å². The smallest absolute Gasteiger partial charge is 0.119 e. The molecule has 1 aromatic rings. The predicted molar refractivity (Wildman–Crippen MR) is 85.2 cm³/mol. The number of hydrogen-bond acceptors (Lipinski definition) is 2. The number of ether oxygens (including phenoxy) is 1. The summed E-state index contributed by atoms with van der Waals surface area (Å²) < 4.78 is 5.72. The summed E-state index contributed by atoms with van der Waals surface area (Å²) in [5, 5.41) is 3.67. The van der Waals surface area contributed by atoms with Crippen LogP contribution >= 0.6 is 0 Å². The molecular weight excluding hydrogens is 246 g/mol. The highest BCUT2D eigenvalue weighted by Crippen LogP contribution is 2.25. The summed E-state index contributed by atoms with van der Waals surface area (Å²) >= 11 is 0. The Labute approximate surface area is 123 Å². The minimum Gasteiger partial charge on any atom is -0.493 e. The fourth-order valence-electron chi connectivity index (χ4n) is 2.79. The molecule has 2 nitrogen and oxygen atoms in total. The Morgan fingerprint density at radius 2 is 1.75 bits per heavy atom. The molecule has 1 atom stereocenters. The van der Waals surface area contributed by atoms with Crippen LogP contribution < -0.4 is 10.1 Å². The summed E-state index contributed by atoms with van der Waals surface area (Å²) in [7, 11) is 0. The number of nitrogens with one attached hydrogen (secondary N) is 1. The molecule has 0 aromatic heterocycles. The largest absolute Gasteiger partial charge is 0.493 e. The summed E-state index contributed by atoms with van der Waals surface area (Å²) in [6.45, 7) is 8.54. The summed E-state index contributed by atoms with van der Waals surface area (Å²) in [4.78, 5) is 0. The fraction of sp³-hybridized carbons (Fsp3) is 0.667. The molecule has 20 heavy (non-hydrogen) atoms. The standard InChI is InChI=1S/C18H29NO/c1-14(2)13-20-18-10-8-17(9-11-18)15(3)19-12-16-6-4-5-7-16/h8-11,14-16,19H,4-7,12-13H2,1-3H3. The Hall–Kier alpha value is -1.02. The van der Waals surface area contributed by atoms with Crippen LogP contribution in [0.3, 0.4) is 0 Å². The summed E-state index contributed by atoms with van der Waals surface area (Å²) in [5.74, 6) is 2.44. The lowest BCUT2D eigenvalue weighted by molar-refractivity contribution is 0.271. The van der Waals surface area contributed by atoms with E-state index < -0.39 is 0 Å². The topological polar surface area (TPSA) is 21.3 Å². The van der Waals surface area contributed by atoms with E-state index in [2.05, 4.69) is 50.4 Å². The number of benzene rings is 1. The van der Waals surface area contributed by atoms with Gasteiger partial charge in [0.05, 0.1) is 6.61 Å². The average molecular weight is 275 g/mol. The predicted octanol–water partition coefficient (Wildman–Crippen LogP) is 4.56. The van der Waals surface area contributed by atoms with Crippen molar-refractivity contribution in [2.45, 2.75) is 52.5 Å². The van der Waals surface area contributed by atoms with Gasteiger partial charge in [-0.2, -0.15) is 0 Å². The van der Waals surface area contributed by atoms with Gasteiger partial charge in [0.1, 0.15) is 5.75 Å². The van der Waals surface area contributed by atoms with Crippen LogP contribution in [0, 0.1) is 11.8 Å². The third-order valence-corrected chi connectivity index (χ3v) is 4.15. The Balaban J connectivity index is 1.78. The van der Waals surface area contributed by atoms with Gasteiger partial charge < -0.3 is 10.1 Å². The van der Waals surface area contributed by atoms with Crippen molar-refractivity contribution < 1.29 is 4.74 Å². The molecule has 1 aliphatic carbocycles. The Bertz CT molecular complexity index is 379. The van der Waals surface area contributed by atoms with Crippen LogP contribution in [0.1, 0.15) is 58.1 Å². The molecule has 1 unspecified atom stereocenters. The third-order valence-electron chi connectivity index (χ3n) is 4.15. The molecule has 2 heteroatoms. The maximum absolute atomic E-state index is 5.72. The Morgan fingerprint density at radius 3 is 2.35 bits per heavy atom. The van der Waals surface area contributed by atoms with Gasteiger partial charge in [-0.1, -0.05) is 38.8 Å². The van der Waals surface area contributed by atoms with Gasteiger partial charge in [0, 0.05) is 6.04 Å². The van der Waals surface area contributed by atoms with Gasteiger partial charge in [0.25, 0.3) is 0 Å². The molecule has 2 rings (SSSR count). The van der Waals surface area contributed by atoms with Crippen LogP contribution in [0.15, 0.2) is 24.3 Å². The molecule has 0 aliphatic heterocycles. The van der Waals surface area contributed by atoms with Gasteiger partial charge in [-0.05, 0) is 55.8 Å². The van der Waals surface area contributed by atoms with E-state index in [-0.39, 0.29) is 0 Å². The average Bonchev–Trinajstić information content (AvgIpc) is 2.96. The van der Waals surface area contributed by atoms with Crippen molar-refractivity contribution in [1.82, 2.24) is 5.32 Å². The van der Waals surface area contributed by atoms with Gasteiger partial charge in [-0.25, -0.2) is 0 Å². The minimum atomic E-state index is 0.426. The fourth-order valence-corrected chi connectivity index (χ4v) is 2.79. The second kappa shape index (κ2) is 7.68. The van der Waals surface area contributed by atoms with Crippen LogP contribution in [0.4, 0.5) is 0 Å². The van der Waals surface area contributed by atoms with E-state index in [4.69, 9.17) is 4.74 Å². The van der Waals surface area contributed by atoms with Gasteiger partial charge >= 0.3 is 0 Å². The zero-order valence-corrected chi connectivity index (χ0v) is 13.2. The monoisotopic (exact) mass is 275 g/mol. The molecule has 112 valence electrons. The molecule has 0 saturated heterocycles. The maximum atomic E-state index is 5.72.